The van der Waals surface area contributed by atoms with Gasteiger partial charge in [0, 0.05) is 30.6 Å². The average Bonchev–Trinajstić information content (AvgIpc) is 2.89. The number of carboxylic acid groups (broad SMARTS) is 1. The number of nitrogens with zero attached hydrogens (tertiary/aromatic N) is 3. The van der Waals surface area contributed by atoms with E-state index in [1.165, 1.54) is 77.0 Å². The second kappa shape index (κ2) is 11.9. The van der Waals surface area contributed by atoms with Crippen molar-refractivity contribution in [1.82, 2.24) is 14.5 Å². The van der Waals surface area contributed by atoms with E-state index in [0.717, 1.165) is 18.4 Å². The van der Waals surface area contributed by atoms with Crippen molar-refractivity contribution in [2.24, 2.45) is 0 Å². The smallest absolute Gasteiger partial charge is 0.303 e. The maximum Gasteiger partial charge on any atom is 0.303 e. The fourth-order valence-corrected chi connectivity index (χ4v) is 7.35. The van der Waals surface area contributed by atoms with Crippen molar-refractivity contribution in [3.8, 4) is 0 Å². The Morgan fingerprint density at radius 3 is 2.08 bits per heavy atom. The molecule has 0 spiro atoms. The molecule has 7 heteroatoms. The van der Waals surface area contributed by atoms with Gasteiger partial charge >= 0.3 is 5.97 Å². The molecule has 1 unspecified atom stereocenters. The minimum absolute atomic E-state index is 0.0152. The normalized spacial score (nSPS) is 26.1. The van der Waals surface area contributed by atoms with Crippen LogP contribution in [0.25, 0.3) is 11.0 Å². The molecule has 200 valence electrons. The second-order valence-electron chi connectivity index (χ2n) is 11.5. The lowest BCUT2D eigenvalue weighted by Gasteiger charge is -2.53. The van der Waals surface area contributed by atoms with Crippen molar-refractivity contribution < 1.29 is 9.90 Å². The van der Waals surface area contributed by atoms with Gasteiger partial charge in [0.1, 0.15) is 5.69 Å². The number of nitrogens with one attached hydrogen (secondary N) is 1. The topological polar surface area (TPSA) is 99.3 Å². The van der Waals surface area contributed by atoms with Gasteiger partial charge < -0.3 is 15.1 Å². The Kier molecular flexibility index (Phi) is 8.38. The zero-order valence-electron chi connectivity index (χ0n) is 22.0. The number of aliphatic carboxylic acids is 1. The lowest BCUT2D eigenvalue weighted by molar-refractivity contribution is -0.136. The molecule has 3 aliphatic rings. The van der Waals surface area contributed by atoms with Gasteiger partial charge in [-0.3, -0.25) is 14.5 Å². The number of carboxylic acids is 1. The van der Waals surface area contributed by atoms with Crippen LogP contribution in [0.4, 0.5) is 0 Å². The third kappa shape index (κ3) is 5.82. The molecule has 1 aromatic carbocycles. The molecule has 2 N–H and O–H groups in total. The average molecular weight is 507 g/mol. The first-order chi connectivity index (χ1) is 18.0. The molecular weight excluding hydrogens is 464 g/mol. The molecule has 5 rings (SSSR count). The van der Waals surface area contributed by atoms with Gasteiger partial charge in [0.15, 0.2) is 0 Å². The number of piperidine rings is 2. The molecule has 2 saturated heterocycles. The zero-order valence-corrected chi connectivity index (χ0v) is 22.0. The summed E-state index contributed by atoms with van der Waals surface area (Å²) in [5.41, 5.74) is 1.44. The molecular formula is C30H42N4O3. The highest BCUT2D eigenvalue weighted by atomic mass is 16.4. The van der Waals surface area contributed by atoms with Crippen LogP contribution in [-0.2, 0) is 4.79 Å². The minimum Gasteiger partial charge on any atom is -0.481 e. The number of hydrogen-bond donors (Lipinski definition) is 2. The maximum absolute atomic E-state index is 13.8. The number of aromatic nitrogens is 2. The molecule has 1 saturated carbocycles. The van der Waals surface area contributed by atoms with Gasteiger partial charge in [-0.2, -0.15) is 0 Å². The van der Waals surface area contributed by atoms with E-state index in [-0.39, 0.29) is 35.8 Å². The number of hydrogen-bond acceptors (Lipinski definition) is 5. The van der Waals surface area contributed by atoms with Crippen molar-refractivity contribution in [2.45, 2.75) is 127 Å². The summed E-state index contributed by atoms with van der Waals surface area (Å²) in [5, 5.41) is 17.6. The Morgan fingerprint density at radius 1 is 0.838 bits per heavy atom. The second-order valence-corrected chi connectivity index (χ2v) is 11.5. The quantitative estimate of drug-likeness (QED) is 0.463. The first-order valence-corrected chi connectivity index (χ1v) is 14.6. The fraction of sp³-hybridized carbons (Fsp3) is 0.667. The molecule has 2 aliphatic heterocycles. The van der Waals surface area contributed by atoms with E-state index >= 15 is 0 Å². The van der Waals surface area contributed by atoms with Gasteiger partial charge in [-0.25, -0.2) is 4.98 Å². The standard InChI is InChI=1S/C30H42N4O3/c31-25(17-18-28(35)36)29-30(37)34(27-16-9-8-15-26(27)32-29)24-19-22-13-10-14-23(20-24)33(22)21-11-6-4-2-1-3-5-7-12-21/h8-9,15-16,21-24,31H,1-7,10-14,17-20H2,(H,35,36)/t22-,23+,24?. The summed E-state index contributed by atoms with van der Waals surface area (Å²) < 4.78 is 1.92. The van der Waals surface area contributed by atoms with Gasteiger partial charge in [-0.15, -0.1) is 0 Å². The molecule has 0 radical (unpaired) electrons. The summed E-state index contributed by atoms with van der Waals surface area (Å²) >= 11 is 0. The molecule has 37 heavy (non-hydrogen) atoms. The molecule has 1 aliphatic carbocycles. The number of fused-ring (bicyclic) bond motifs is 3. The Balaban J connectivity index is 1.44. The largest absolute Gasteiger partial charge is 0.481 e. The van der Waals surface area contributed by atoms with Crippen molar-refractivity contribution in [2.75, 3.05) is 0 Å². The Labute approximate surface area is 219 Å². The third-order valence-corrected chi connectivity index (χ3v) is 9.04. The number of benzene rings is 1. The third-order valence-electron chi connectivity index (χ3n) is 9.04. The predicted molar refractivity (Wildman–Crippen MR) is 147 cm³/mol. The fourth-order valence-electron chi connectivity index (χ4n) is 7.35. The van der Waals surface area contributed by atoms with Crippen LogP contribution in [-0.4, -0.2) is 49.4 Å². The van der Waals surface area contributed by atoms with Crippen LogP contribution in [0.15, 0.2) is 29.1 Å². The van der Waals surface area contributed by atoms with E-state index in [1.807, 2.05) is 28.8 Å². The highest BCUT2D eigenvalue weighted by Crippen LogP contribution is 2.42. The van der Waals surface area contributed by atoms with Gasteiger partial charge in [0.2, 0.25) is 0 Å². The molecule has 2 bridgehead atoms. The molecule has 3 fully saturated rings. The minimum atomic E-state index is -0.966. The van der Waals surface area contributed by atoms with Crippen molar-refractivity contribution in [3.05, 3.63) is 40.3 Å². The Morgan fingerprint density at radius 2 is 1.43 bits per heavy atom. The van der Waals surface area contributed by atoms with Gasteiger partial charge in [-0.05, 0) is 50.7 Å². The highest BCUT2D eigenvalue weighted by Gasteiger charge is 2.42. The summed E-state index contributed by atoms with van der Waals surface area (Å²) in [6, 6.07) is 9.47. The Bertz CT molecular complexity index is 1150. The molecule has 1 aromatic heterocycles. The summed E-state index contributed by atoms with van der Waals surface area (Å²) in [6.45, 7) is 0. The molecule has 0 amide bonds. The van der Waals surface area contributed by atoms with Gasteiger partial charge in [0.05, 0.1) is 23.2 Å². The summed E-state index contributed by atoms with van der Waals surface area (Å²) in [6.07, 6.45) is 17.6. The van der Waals surface area contributed by atoms with Crippen molar-refractivity contribution in [3.63, 3.8) is 0 Å². The highest BCUT2D eigenvalue weighted by molar-refractivity contribution is 5.98. The predicted octanol–water partition coefficient (Wildman–Crippen LogP) is 6.08. The lowest BCUT2D eigenvalue weighted by atomic mass is 9.79. The van der Waals surface area contributed by atoms with Crippen LogP contribution in [0, 0.1) is 5.41 Å². The lowest BCUT2D eigenvalue weighted by Crippen LogP contribution is -2.57. The van der Waals surface area contributed by atoms with Crippen LogP contribution in [0.2, 0.25) is 0 Å². The molecule has 7 nitrogen and oxygen atoms in total. The summed E-state index contributed by atoms with van der Waals surface area (Å²) in [5.74, 6) is -0.966. The monoisotopic (exact) mass is 506 g/mol. The number of rotatable bonds is 6. The van der Waals surface area contributed by atoms with E-state index < -0.39 is 5.97 Å². The van der Waals surface area contributed by atoms with Crippen LogP contribution in [0.5, 0.6) is 0 Å². The summed E-state index contributed by atoms with van der Waals surface area (Å²) in [7, 11) is 0. The first kappa shape index (κ1) is 26.1. The van der Waals surface area contributed by atoms with E-state index in [9.17, 15) is 9.59 Å². The van der Waals surface area contributed by atoms with Crippen molar-refractivity contribution in [1.29, 1.82) is 5.41 Å². The van der Waals surface area contributed by atoms with E-state index in [4.69, 9.17) is 10.5 Å². The van der Waals surface area contributed by atoms with Crippen LogP contribution in [0.1, 0.15) is 114 Å². The van der Waals surface area contributed by atoms with E-state index in [0.29, 0.717) is 23.6 Å². The van der Waals surface area contributed by atoms with Crippen LogP contribution < -0.4 is 5.56 Å². The maximum atomic E-state index is 13.8. The molecule has 3 heterocycles. The van der Waals surface area contributed by atoms with Crippen molar-refractivity contribution >= 4 is 22.7 Å². The van der Waals surface area contributed by atoms with Gasteiger partial charge in [0.25, 0.3) is 5.56 Å². The molecule has 2 aromatic rings. The zero-order chi connectivity index (χ0) is 25.8. The molecule has 3 atom stereocenters. The van der Waals surface area contributed by atoms with Crippen LogP contribution in [0.3, 0.4) is 0 Å². The SMILES string of the molecule is N=C(CCC(=O)O)c1nc2ccccc2n(C2C[C@H]3CCC[C@@H](C2)N3C2CCCCCCCCC2)c1=O. The summed E-state index contributed by atoms with van der Waals surface area (Å²) in [4.78, 5) is 32.3. The van der Waals surface area contributed by atoms with E-state index in [2.05, 4.69) is 9.88 Å². The number of para-hydroxylation sites is 2. The Hall–Kier alpha value is -2.54. The van der Waals surface area contributed by atoms with Gasteiger partial charge in [-0.1, -0.05) is 63.5 Å². The first-order valence-electron chi connectivity index (χ1n) is 14.6. The van der Waals surface area contributed by atoms with E-state index in [1.54, 1.807) is 0 Å². The van der Waals surface area contributed by atoms with Crippen LogP contribution >= 0.6 is 0 Å². The number of carbonyl (C=O) groups is 1.